The van der Waals surface area contributed by atoms with Crippen LogP contribution in [0.5, 0.6) is 5.75 Å². The first kappa shape index (κ1) is 19.1. The summed E-state index contributed by atoms with van der Waals surface area (Å²) in [5, 5.41) is 0.690. The molecule has 0 aliphatic carbocycles. The van der Waals surface area contributed by atoms with E-state index < -0.39 is 17.6 Å². The molecule has 3 aromatic carbocycles. The van der Waals surface area contributed by atoms with Gasteiger partial charge in [0.25, 0.3) is 0 Å². The van der Waals surface area contributed by atoms with E-state index in [9.17, 15) is 9.59 Å². The van der Waals surface area contributed by atoms with Crippen LogP contribution in [-0.4, -0.2) is 26.0 Å². The van der Waals surface area contributed by atoms with Crippen LogP contribution in [0.4, 0.5) is 5.69 Å². The number of para-hydroxylation sites is 1. The second kappa shape index (κ2) is 7.43. The number of carbonyl (C=O) groups is 1. The van der Waals surface area contributed by atoms with E-state index in [0.29, 0.717) is 27.8 Å². The number of benzene rings is 3. The van der Waals surface area contributed by atoms with E-state index in [1.807, 2.05) is 73.6 Å². The van der Waals surface area contributed by atoms with Crippen molar-refractivity contribution < 1.29 is 13.9 Å². The molecule has 0 saturated heterocycles. The van der Waals surface area contributed by atoms with Crippen molar-refractivity contribution in [1.82, 2.24) is 0 Å². The average molecular weight is 411 g/mol. The van der Waals surface area contributed by atoms with Gasteiger partial charge in [0.2, 0.25) is 5.78 Å². The highest BCUT2D eigenvalue weighted by molar-refractivity contribution is 6.02. The zero-order valence-electron chi connectivity index (χ0n) is 17.2. The van der Waals surface area contributed by atoms with Gasteiger partial charge in [-0.3, -0.25) is 4.79 Å². The molecule has 0 N–H and O–H groups in total. The largest absolute Gasteiger partial charge is 0.480 e. The Morgan fingerprint density at radius 1 is 0.871 bits per heavy atom. The molecular weight excluding hydrogens is 390 g/mol. The average Bonchev–Trinajstić information content (AvgIpc) is 3.21. The first-order valence-corrected chi connectivity index (χ1v) is 10.1. The maximum Gasteiger partial charge on any atom is 0.344 e. The normalized spacial score (nSPS) is 17.2. The van der Waals surface area contributed by atoms with Crippen molar-refractivity contribution in [3.63, 3.8) is 0 Å². The Morgan fingerprint density at radius 3 is 2.26 bits per heavy atom. The summed E-state index contributed by atoms with van der Waals surface area (Å²) in [6.45, 7) is 0. The van der Waals surface area contributed by atoms with Crippen LogP contribution in [0.3, 0.4) is 0 Å². The summed E-state index contributed by atoms with van der Waals surface area (Å²) in [7, 11) is 3.93. The van der Waals surface area contributed by atoms with Crippen molar-refractivity contribution >= 4 is 22.4 Å². The molecule has 0 bridgehead atoms. The molecule has 5 heteroatoms. The van der Waals surface area contributed by atoms with Gasteiger partial charge < -0.3 is 14.1 Å². The van der Waals surface area contributed by atoms with Crippen molar-refractivity contribution in [2.45, 2.75) is 12.0 Å². The highest BCUT2D eigenvalue weighted by Gasteiger charge is 2.44. The predicted molar refractivity (Wildman–Crippen MR) is 120 cm³/mol. The monoisotopic (exact) mass is 411 g/mol. The third-order valence-corrected chi connectivity index (χ3v) is 5.74. The number of hydrogen-bond donors (Lipinski definition) is 0. The summed E-state index contributed by atoms with van der Waals surface area (Å²) < 4.78 is 11.8. The summed E-state index contributed by atoms with van der Waals surface area (Å²) in [4.78, 5) is 28.5. The lowest BCUT2D eigenvalue weighted by molar-refractivity contribution is 0.0808. The van der Waals surface area contributed by atoms with E-state index in [1.54, 1.807) is 24.3 Å². The third kappa shape index (κ3) is 3.19. The fourth-order valence-electron chi connectivity index (χ4n) is 4.17. The molecule has 2 heterocycles. The zero-order chi connectivity index (χ0) is 21.5. The Hall–Kier alpha value is -3.86. The smallest absolute Gasteiger partial charge is 0.344 e. The molecule has 4 aromatic rings. The van der Waals surface area contributed by atoms with Gasteiger partial charge in [-0.2, -0.15) is 0 Å². The van der Waals surface area contributed by atoms with Gasteiger partial charge in [-0.15, -0.1) is 0 Å². The van der Waals surface area contributed by atoms with Crippen LogP contribution >= 0.6 is 0 Å². The van der Waals surface area contributed by atoms with Gasteiger partial charge in [0.05, 0.1) is 16.9 Å². The van der Waals surface area contributed by atoms with Gasteiger partial charge in [0, 0.05) is 25.3 Å². The van der Waals surface area contributed by atoms with Crippen molar-refractivity contribution in [2.24, 2.45) is 0 Å². The molecule has 1 aliphatic rings. The highest BCUT2D eigenvalue weighted by atomic mass is 16.5. The second-order valence-electron chi connectivity index (χ2n) is 7.86. The van der Waals surface area contributed by atoms with E-state index in [2.05, 4.69) is 0 Å². The number of hydrogen-bond acceptors (Lipinski definition) is 5. The summed E-state index contributed by atoms with van der Waals surface area (Å²) in [6, 6.07) is 24.1. The molecule has 154 valence electrons. The van der Waals surface area contributed by atoms with Crippen molar-refractivity contribution in [3.05, 3.63) is 106 Å². The minimum atomic E-state index is -0.851. The van der Waals surface area contributed by atoms with E-state index in [-0.39, 0.29) is 5.78 Å². The van der Waals surface area contributed by atoms with E-state index >= 15 is 0 Å². The molecule has 0 amide bonds. The van der Waals surface area contributed by atoms with E-state index in [4.69, 9.17) is 9.15 Å². The molecule has 31 heavy (non-hydrogen) atoms. The molecule has 0 radical (unpaired) electrons. The Labute approximate surface area is 179 Å². The summed E-state index contributed by atoms with van der Waals surface area (Å²) in [5.74, 6) is -0.287. The Kier molecular flexibility index (Phi) is 4.59. The number of carbonyl (C=O) groups excluding carboxylic acids is 1. The predicted octanol–water partition coefficient (Wildman–Crippen LogP) is 4.63. The molecular formula is C26H21NO4. The summed E-state index contributed by atoms with van der Waals surface area (Å²) in [5.41, 5.74) is 2.77. The number of rotatable bonds is 4. The van der Waals surface area contributed by atoms with Gasteiger partial charge in [0.1, 0.15) is 11.3 Å². The van der Waals surface area contributed by atoms with Crippen molar-refractivity contribution in [2.75, 3.05) is 19.0 Å². The maximum atomic E-state index is 13.5. The maximum absolute atomic E-state index is 13.5. The lowest BCUT2D eigenvalue weighted by atomic mass is 9.85. The van der Waals surface area contributed by atoms with Crippen LogP contribution in [-0.2, 0) is 0 Å². The number of ether oxygens (including phenoxy) is 1. The Bertz CT molecular complexity index is 1320. The van der Waals surface area contributed by atoms with Gasteiger partial charge in [-0.1, -0.05) is 54.6 Å². The number of Topliss-reactive ketones (excluding diaryl/α,β-unsaturated/α-hetero) is 1. The van der Waals surface area contributed by atoms with Crippen LogP contribution < -0.4 is 15.3 Å². The second-order valence-corrected chi connectivity index (χ2v) is 7.86. The van der Waals surface area contributed by atoms with E-state index in [1.165, 1.54) is 0 Å². The zero-order valence-corrected chi connectivity index (χ0v) is 17.2. The van der Waals surface area contributed by atoms with E-state index in [0.717, 1.165) is 11.3 Å². The highest BCUT2D eigenvalue weighted by Crippen LogP contribution is 2.45. The minimum absolute atomic E-state index is 0.165. The fourth-order valence-corrected chi connectivity index (χ4v) is 4.17. The van der Waals surface area contributed by atoms with Gasteiger partial charge in [-0.25, -0.2) is 4.79 Å². The van der Waals surface area contributed by atoms with Crippen LogP contribution in [0.2, 0.25) is 0 Å². The quantitative estimate of drug-likeness (QED) is 0.362. The molecule has 0 unspecified atom stereocenters. The topological polar surface area (TPSA) is 59.8 Å². The molecule has 5 nitrogen and oxygen atoms in total. The molecule has 1 aromatic heterocycles. The summed E-state index contributed by atoms with van der Waals surface area (Å²) >= 11 is 0. The molecule has 0 saturated carbocycles. The van der Waals surface area contributed by atoms with Gasteiger partial charge >= 0.3 is 5.63 Å². The van der Waals surface area contributed by atoms with Gasteiger partial charge in [0.15, 0.2) is 6.10 Å². The first-order chi connectivity index (χ1) is 15.0. The van der Waals surface area contributed by atoms with Crippen LogP contribution in [0, 0.1) is 0 Å². The first-order valence-electron chi connectivity index (χ1n) is 10.1. The Balaban J connectivity index is 1.70. The van der Waals surface area contributed by atoms with Crippen molar-refractivity contribution in [1.29, 1.82) is 0 Å². The van der Waals surface area contributed by atoms with Gasteiger partial charge in [-0.05, 0) is 29.8 Å². The minimum Gasteiger partial charge on any atom is -0.480 e. The molecule has 5 rings (SSSR count). The van der Waals surface area contributed by atoms with Crippen LogP contribution in [0.15, 0.2) is 88.1 Å². The molecule has 1 aliphatic heterocycles. The number of fused-ring (bicyclic) bond motifs is 3. The van der Waals surface area contributed by atoms with Crippen LogP contribution in [0.1, 0.15) is 27.4 Å². The number of ketones is 1. The standard InChI is InChI=1S/C26H21NO4/c1-27(2)18-14-12-16(13-15-18)21-22-24(19-10-6-7-11-20(19)30-26(22)29)31-25(21)23(28)17-8-4-3-5-9-17/h3-15,21,25H,1-2H3/t21-,25-/m0/s1. The number of nitrogens with zero attached hydrogens (tertiary/aromatic N) is 1. The lowest BCUT2D eigenvalue weighted by Gasteiger charge is -2.19. The lowest BCUT2D eigenvalue weighted by Crippen LogP contribution is -2.31. The molecule has 2 atom stereocenters. The third-order valence-electron chi connectivity index (χ3n) is 5.74. The Morgan fingerprint density at radius 2 is 1.55 bits per heavy atom. The molecule has 0 spiro atoms. The number of anilines is 1. The molecule has 0 fully saturated rings. The van der Waals surface area contributed by atoms with Crippen LogP contribution in [0.25, 0.3) is 11.0 Å². The van der Waals surface area contributed by atoms with Crippen molar-refractivity contribution in [3.8, 4) is 5.75 Å². The summed E-state index contributed by atoms with van der Waals surface area (Å²) in [6.07, 6.45) is -0.851. The SMILES string of the molecule is CN(C)c1ccc([C@H]2c3c(c4ccccc4oc3=O)O[C@@H]2C(=O)c2ccccc2)cc1. The fraction of sp³-hybridized carbons (Fsp3) is 0.154.